The Hall–Kier alpha value is -3.23. The van der Waals surface area contributed by atoms with Crippen molar-refractivity contribution in [1.29, 1.82) is 0 Å². The molecule has 0 spiro atoms. The van der Waals surface area contributed by atoms with Crippen molar-refractivity contribution < 1.29 is 13.2 Å². The lowest BCUT2D eigenvalue weighted by Gasteiger charge is -2.12. The van der Waals surface area contributed by atoms with Crippen molar-refractivity contribution >= 4 is 27.8 Å². The molecule has 0 fully saturated rings. The molecule has 4 aromatic rings. The average molecular weight is 330 g/mol. The minimum absolute atomic E-state index is 0.145. The van der Waals surface area contributed by atoms with Gasteiger partial charge >= 0.3 is 6.18 Å². The first-order valence-corrected chi connectivity index (χ1v) is 6.86. The Labute approximate surface area is 132 Å². The lowest BCUT2D eigenvalue weighted by molar-refractivity contribution is -0.136. The smallest absolute Gasteiger partial charge is 0.383 e. The summed E-state index contributed by atoms with van der Waals surface area (Å²) in [6.45, 7) is 0. The maximum Gasteiger partial charge on any atom is 0.418 e. The number of hydrogen-bond acceptors (Lipinski definition) is 5. The Morgan fingerprint density at radius 2 is 1.83 bits per heavy atom. The fraction of sp³-hybridized carbons (Fsp3) is 0.0667. The van der Waals surface area contributed by atoms with Gasteiger partial charge in [-0.3, -0.25) is 4.98 Å². The SMILES string of the molecule is Nc1ncnc2c1cnn2-c1ccnc2c(C(F)(F)F)cccc12. The van der Waals surface area contributed by atoms with Crippen LogP contribution in [0.1, 0.15) is 5.56 Å². The summed E-state index contributed by atoms with van der Waals surface area (Å²) < 4.78 is 41.0. The largest absolute Gasteiger partial charge is 0.418 e. The Kier molecular flexibility index (Phi) is 2.92. The molecular weight excluding hydrogens is 321 g/mol. The van der Waals surface area contributed by atoms with Gasteiger partial charge in [0.1, 0.15) is 12.1 Å². The molecule has 0 aliphatic heterocycles. The minimum atomic E-state index is -4.50. The van der Waals surface area contributed by atoms with E-state index < -0.39 is 11.7 Å². The maximum atomic E-state index is 13.2. The molecule has 6 nitrogen and oxygen atoms in total. The van der Waals surface area contributed by atoms with E-state index in [1.54, 1.807) is 12.1 Å². The van der Waals surface area contributed by atoms with Gasteiger partial charge in [-0.05, 0) is 12.1 Å². The fourth-order valence-electron chi connectivity index (χ4n) is 2.61. The Bertz CT molecular complexity index is 1070. The molecule has 0 saturated carbocycles. The van der Waals surface area contributed by atoms with E-state index in [2.05, 4.69) is 20.1 Å². The van der Waals surface area contributed by atoms with Gasteiger partial charge in [-0.25, -0.2) is 14.6 Å². The molecule has 0 atom stereocenters. The van der Waals surface area contributed by atoms with Crippen LogP contribution in [0, 0.1) is 0 Å². The highest BCUT2D eigenvalue weighted by Gasteiger charge is 2.33. The van der Waals surface area contributed by atoms with Gasteiger partial charge in [0.15, 0.2) is 5.65 Å². The highest BCUT2D eigenvalue weighted by molar-refractivity contribution is 5.92. The van der Waals surface area contributed by atoms with Crippen molar-refractivity contribution in [2.45, 2.75) is 6.18 Å². The van der Waals surface area contributed by atoms with Crippen LogP contribution in [0.4, 0.5) is 19.0 Å². The van der Waals surface area contributed by atoms with Gasteiger partial charge in [0.25, 0.3) is 0 Å². The molecule has 0 aliphatic rings. The third kappa shape index (κ3) is 2.05. The first kappa shape index (κ1) is 14.4. The van der Waals surface area contributed by atoms with E-state index in [-0.39, 0.29) is 11.3 Å². The molecule has 0 unspecified atom stereocenters. The molecule has 2 N–H and O–H groups in total. The second-order valence-electron chi connectivity index (χ2n) is 5.08. The van der Waals surface area contributed by atoms with E-state index in [0.29, 0.717) is 22.1 Å². The number of para-hydroxylation sites is 1. The van der Waals surface area contributed by atoms with Crippen LogP contribution in [-0.2, 0) is 6.18 Å². The summed E-state index contributed by atoms with van der Waals surface area (Å²) in [6, 6.07) is 5.48. The molecule has 0 radical (unpaired) electrons. The highest BCUT2D eigenvalue weighted by atomic mass is 19.4. The normalized spacial score (nSPS) is 12.1. The highest BCUT2D eigenvalue weighted by Crippen LogP contribution is 2.35. The summed E-state index contributed by atoms with van der Waals surface area (Å²) in [5.41, 5.74) is 5.67. The van der Waals surface area contributed by atoms with Crippen LogP contribution in [-0.4, -0.2) is 24.7 Å². The molecule has 120 valence electrons. The van der Waals surface area contributed by atoms with Crippen LogP contribution in [0.3, 0.4) is 0 Å². The second kappa shape index (κ2) is 4.88. The lowest BCUT2D eigenvalue weighted by atomic mass is 10.1. The summed E-state index contributed by atoms with van der Waals surface area (Å²) in [5, 5.41) is 5.03. The number of pyridine rings is 1. The number of alkyl halides is 3. The van der Waals surface area contributed by atoms with Gasteiger partial charge in [-0.2, -0.15) is 18.3 Å². The van der Waals surface area contributed by atoms with Crippen LogP contribution >= 0.6 is 0 Å². The van der Waals surface area contributed by atoms with E-state index in [9.17, 15) is 13.2 Å². The number of nitrogen functional groups attached to an aromatic ring is 1. The third-order valence-electron chi connectivity index (χ3n) is 3.68. The summed E-state index contributed by atoms with van der Waals surface area (Å²) in [5.74, 6) is 0.251. The number of aromatic nitrogens is 5. The number of hydrogen-bond donors (Lipinski definition) is 1. The van der Waals surface area contributed by atoms with Crippen molar-refractivity contribution in [1.82, 2.24) is 24.7 Å². The van der Waals surface area contributed by atoms with Crippen LogP contribution in [0.5, 0.6) is 0 Å². The van der Waals surface area contributed by atoms with Gasteiger partial charge in [0.2, 0.25) is 0 Å². The number of halogens is 3. The monoisotopic (exact) mass is 330 g/mol. The number of rotatable bonds is 1. The zero-order chi connectivity index (χ0) is 16.9. The molecule has 4 rings (SSSR count). The van der Waals surface area contributed by atoms with Crippen LogP contribution < -0.4 is 5.73 Å². The van der Waals surface area contributed by atoms with Gasteiger partial charge in [-0.15, -0.1) is 0 Å². The van der Waals surface area contributed by atoms with Crippen LogP contribution in [0.2, 0.25) is 0 Å². The molecule has 0 bridgehead atoms. The number of anilines is 1. The van der Waals surface area contributed by atoms with E-state index in [1.807, 2.05) is 0 Å². The first-order chi connectivity index (χ1) is 11.5. The molecule has 0 amide bonds. The molecule has 3 heterocycles. The topological polar surface area (TPSA) is 82.5 Å². The predicted octanol–water partition coefficient (Wildman–Crippen LogP) is 2.96. The standard InChI is InChI=1S/C15H9F3N6/c16-15(17,18)10-3-1-2-8-11(4-5-20-12(8)10)24-14-9(6-23-24)13(19)21-7-22-14/h1-7H,(H2,19,21,22). The maximum absolute atomic E-state index is 13.2. The Morgan fingerprint density at radius 1 is 1.00 bits per heavy atom. The quantitative estimate of drug-likeness (QED) is 0.580. The van der Waals surface area contributed by atoms with Crippen molar-refractivity contribution in [3.8, 4) is 5.69 Å². The molecule has 24 heavy (non-hydrogen) atoms. The number of fused-ring (bicyclic) bond motifs is 2. The molecule has 0 aliphatic carbocycles. The van der Waals surface area contributed by atoms with E-state index in [1.165, 1.54) is 29.5 Å². The summed E-state index contributed by atoms with van der Waals surface area (Å²) in [4.78, 5) is 11.9. The summed E-state index contributed by atoms with van der Waals surface area (Å²) in [7, 11) is 0. The van der Waals surface area contributed by atoms with E-state index in [4.69, 9.17) is 5.73 Å². The van der Waals surface area contributed by atoms with E-state index >= 15 is 0 Å². The van der Waals surface area contributed by atoms with Crippen LogP contribution in [0.15, 0.2) is 43.0 Å². The lowest BCUT2D eigenvalue weighted by Crippen LogP contribution is -2.08. The average Bonchev–Trinajstić information content (AvgIpc) is 2.98. The molecule has 3 aromatic heterocycles. The summed E-state index contributed by atoms with van der Waals surface area (Å²) in [6.07, 6.45) is -0.431. The van der Waals surface area contributed by atoms with E-state index in [0.717, 1.165) is 6.07 Å². The number of nitrogens with zero attached hydrogens (tertiary/aromatic N) is 5. The molecular formula is C15H9F3N6. The van der Waals surface area contributed by atoms with Crippen molar-refractivity contribution in [2.24, 2.45) is 0 Å². The van der Waals surface area contributed by atoms with Crippen molar-refractivity contribution in [3.05, 3.63) is 48.5 Å². The second-order valence-corrected chi connectivity index (χ2v) is 5.08. The minimum Gasteiger partial charge on any atom is -0.383 e. The fourth-order valence-corrected chi connectivity index (χ4v) is 2.61. The van der Waals surface area contributed by atoms with Crippen molar-refractivity contribution in [3.63, 3.8) is 0 Å². The summed E-state index contributed by atoms with van der Waals surface area (Å²) >= 11 is 0. The Balaban J connectivity index is 2.06. The number of benzene rings is 1. The third-order valence-corrected chi connectivity index (χ3v) is 3.68. The van der Waals surface area contributed by atoms with Crippen LogP contribution in [0.25, 0.3) is 27.6 Å². The van der Waals surface area contributed by atoms with Gasteiger partial charge in [0.05, 0.1) is 28.4 Å². The molecule has 1 aromatic carbocycles. The van der Waals surface area contributed by atoms with Gasteiger partial charge < -0.3 is 5.73 Å². The Morgan fingerprint density at radius 3 is 2.62 bits per heavy atom. The van der Waals surface area contributed by atoms with Gasteiger partial charge in [-0.1, -0.05) is 12.1 Å². The zero-order valence-electron chi connectivity index (χ0n) is 12.0. The predicted molar refractivity (Wildman–Crippen MR) is 81.4 cm³/mol. The molecule has 9 heteroatoms. The molecule has 0 saturated heterocycles. The first-order valence-electron chi connectivity index (χ1n) is 6.86. The number of nitrogens with two attached hydrogens (primary N) is 1. The zero-order valence-corrected chi connectivity index (χ0v) is 12.0. The van der Waals surface area contributed by atoms with Gasteiger partial charge in [0, 0.05) is 11.6 Å². The van der Waals surface area contributed by atoms with Crippen molar-refractivity contribution in [2.75, 3.05) is 5.73 Å².